The van der Waals surface area contributed by atoms with Crippen molar-refractivity contribution in [1.82, 2.24) is 4.90 Å². The molecule has 0 aromatic heterocycles. The second kappa shape index (κ2) is 7.09. The van der Waals surface area contributed by atoms with Crippen LogP contribution in [0.15, 0.2) is 24.3 Å². The van der Waals surface area contributed by atoms with Gasteiger partial charge in [0.05, 0.1) is 4.99 Å². The molecular weight excluding hydrogens is 260 g/mol. The monoisotopic (exact) mass is 280 g/mol. The van der Waals surface area contributed by atoms with Gasteiger partial charge in [0, 0.05) is 25.1 Å². The van der Waals surface area contributed by atoms with Gasteiger partial charge in [0.2, 0.25) is 0 Å². The third kappa shape index (κ3) is 5.26. The molecule has 0 atom stereocenters. The van der Waals surface area contributed by atoms with Gasteiger partial charge in [-0.2, -0.15) is 0 Å². The summed E-state index contributed by atoms with van der Waals surface area (Å²) in [6, 6.07) is 6.36. The molecule has 0 saturated carbocycles. The van der Waals surface area contributed by atoms with Crippen LogP contribution in [0.4, 0.5) is 0 Å². The second-order valence-corrected chi connectivity index (χ2v) is 5.44. The predicted octanol–water partition coefficient (Wildman–Crippen LogP) is 2.17. The second-order valence-electron chi connectivity index (χ2n) is 4.91. The lowest BCUT2D eigenvalue weighted by Crippen LogP contribution is -2.36. The number of aromatic hydroxyl groups is 1. The summed E-state index contributed by atoms with van der Waals surface area (Å²) >= 11 is 4.85. The maximum absolute atomic E-state index is 12.4. The zero-order valence-electron chi connectivity index (χ0n) is 11.3. The van der Waals surface area contributed by atoms with Gasteiger partial charge in [-0.05, 0) is 24.1 Å². The number of phenolic OH excluding ortho intramolecular Hbond substituents is 1. The van der Waals surface area contributed by atoms with Crippen molar-refractivity contribution in [2.75, 3.05) is 13.1 Å². The molecule has 0 heterocycles. The summed E-state index contributed by atoms with van der Waals surface area (Å²) in [5, 5.41) is 9.43. The molecule has 0 aliphatic rings. The number of nitrogens with two attached hydrogens (primary N) is 1. The Bertz CT molecular complexity index is 461. The van der Waals surface area contributed by atoms with Crippen LogP contribution in [-0.4, -0.2) is 34.0 Å². The summed E-state index contributed by atoms with van der Waals surface area (Å²) in [6.45, 7) is 5.23. The Morgan fingerprint density at radius 2 is 2.16 bits per heavy atom. The lowest BCUT2D eigenvalue weighted by Gasteiger charge is -2.24. The van der Waals surface area contributed by atoms with E-state index in [1.54, 1.807) is 23.1 Å². The van der Waals surface area contributed by atoms with Gasteiger partial charge < -0.3 is 15.7 Å². The van der Waals surface area contributed by atoms with Crippen molar-refractivity contribution in [3.05, 3.63) is 29.8 Å². The normalized spacial score (nSPS) is 10.5. The van der Waals surface area contributed by atoms with Gasteiger partial charge in [0.25, 0.3) is 5.91 Å². The molecule has 0 aliphatic heterocycles. The number of amides is 1. The maximum atomic E-state index is 12.4. The van der Waals surface area contributed by atoms with E-state index in [1.165, 1.54) is 6.07 Å². The number of rotatable bonds is 6. The number of hydrogen-bond acceptors (Lipinski definition) is 3. The van der Waals surface area contributed by atoms with Crippen LogP contribution in [0, 0.1) is 5.92 Å². The van der Waals surface area contributed by atoms with Crippen molar-refractivity contribution in [1.29, 1.82) is 0 Å². The van der Waals surface area contributed by atoms with E-state index in [9.17, 15) is 9.90 Å². The van der Waals surface area contributed by atoms with Gasteiger partial charge in [-0.15, -0.1) is 0 Å². The van der Waals surface area contributed by atoms with Crippen LogP contribution >= 0.6 is 12.2 Å². The number of thiocarbonyl (C=S) groups is 1. The third-order valence-electron chi connectivity index (χ3n) is 2.59. The molecule has 0 aliphatic carbocycles. The van der Waals surface area contributed by atoms with Crippen LogP contribution in [0.2, 0.25) is 0 Å². The standard InChI is InChI=1S/C14H20N2O2S/c1-10(2)9-16(7-6-13(15)19)14(18)11-4-3-5-12(17)8-11/h3-5,8,10,17H,6-7,9H2,1-2H3,(H2,15,19). The van der Waals surface area contributed by atoms with Gasteiger partial charge in [-0.3, -0.25) is 4.79 Å². The Kier molecular flexibility index (Phi) is 5.76. The number of hydrogen-bond donors (Lipinski definition) is 2. The van der Waals surface area contributed by atoms with Gasteiger partial charge in [0.15, 0.2) is 0 Å². The number of carbonyl (C=O) groups is 1. The number of carbonyl (C=O) groups excluding carboxylic acids is 1. The average Bonchev–Trinajstić information content (AvgIpc) is 2.33. The number of phenols is 1. The predicted molar refractivity (Wildman–Crippen MR) is 80.3 cm³/mol. The first-order chi connectivity index (χ1) is 8.90. The van der Waals surface area contributed by atoms with E-state index in [-0.39, 0.29) is 11.7 Å². The molecule has 0 saturated heterocycles. The topological polar surface area (TPSA) is 66.6 Å². The minimum Gasteiger partial charge on any atom is -0.508 e. The number of benzene rings is 1. The Morgan fingerprint density at radius 3 is 2.68 bits per heavy atom. The molecular formula is C14H20N2O2S. The summed E-state index contributed by atoms with van der Waals surface area (Å²) in [5.74, 6) is 0.332. The first-order valence-electron chi connectivity index (χ1n) is 6.26. The van der Waals surface area contributed by atoms with Crippen molar-refractivity contribution in [3.8, 4) is 5.75 Å². The van der Waals surface area contributed by atoms with Crippen molar-refractivity contribution < 1.29 is 9.90 Å². The zero-order chi connectivity index (χ0) is 14.4. The molecule has 5 heteroatoms. The third-order valence-corrected chi connectivity index (χ3v) is 2.80. The minimum atomic E-state index is -0.110. The van der Waals surface area contributed by atoms with E-state index in [0.717, 1.165) is 0 Å². The first kappa shape index (κ1) is 15.4. The summed E-state index contributed by atoms with van der Waals surface area (Å²) in [4.78, 5) is 14.5. The summed E-state index contributed by atoms with van der Waals surface area (Å²) in [6.07, 6.45) is 0.507. The van der Waals surface area contributed by atoms with E-state index in [1.807, 2.05) is 13.8 Å². The van der Waals surface area contributed by atoms with Crippen LogP contribution in [0.1, 0.15) is 30.6 Å². The highest BCUT2D eigenvalue weighted by molar-refractivity contribution is 7.80. The van der Waals surface area contributed by atoms with Gasteiger partial charge in [-0.1, -0.05) is 32.1 Å². The molecule has 0 fully saturated rings. The van der Waals surface area contributed by atoms with Crippen molar-refractivity contribution in [3.63, 3.8) is 0 Å². The van der Waals surface area contributed by atoms with Crippen LogP contribution in [0.25, 0.3) is 0 Å². The highest BCUT2D eigenvalue weighted by Gasteiger charge is 2.17. The molecule has 1 aromatic rings. The van der Waals surface area contributed by atoms with E-state index < -0.39 is 0 Å². The fourth-order valence-corrected chi connectivity index (χ4v) is 1.87. The molecule has 19 heavy (non-hydrogen) atoms. The molecule has 3 N–H and O–H groups in total. The fourth-order valence-electron chi connectivity index (χ4n) is 1.78. The summed E-state index contributed by atoms with van der Waals surface area (Å²) < 4.78 is 0. The summed E-state index contributed by atoms with van der Waals surface area (Å²) in [5.41, 5.74) is 5.96. The molecule has 1 rings (SSSR count). The summed E-state index contributed by atoms with van der Waals surface area (Å²) in [7, 11) is 0. The van der Waals surface area contributed by atoms with Gasteiger partial charge in [0.1, 0.15) is 5.75 Å². The molecule has 0 spiro atoms. The molecule has 4 nitrogen and oxygen atoms in total. The van der Waals surface area contributed by atoms with Crippen molar-refractivity contribution in [2.45, 2.75) is 20.3 Å². The van der Waals surface area contributed by atoms with Crippen molar-refractivity contribution in [2.24, 2.45) is 11.7 Å². The Hall–Kier alpha value is -1.62. The first-order valence-corrected chi connectivity index (χ1v) is 6.67. The highest BCUT2D eigenvalue weighted by Crippen LogP contribution is 2.14. The molecule has 1 aromatic carbocycles. The molecule has 104 valence electrons. The lowest BCUT2D eigenvalue weighted by molar-refractivity contribution is 0.0741. The van der Waals surface area contributed by atoms with Gasteiger partial charge >= 0.3 is 0 Å². The van der Waals surface area contributed by atoms with E-state index in [2.05, 4.69) is 0 Å². The van der Waals surface area contributed by atoms with Crippen LogP contribution in [0.5, 0.6) is 5.75 Å². The largest absolute Gasteiger partial charge is 0.508 e. The number of nitrogens with zero attached hydrogens (tertiary/aromatic N) is 1. The Balaban J connectivity index is 2.83. The van der Waals surface area contributed by atoms with Crippen LogP contribution < -0.4 is 5.73 Å². The van der Waals surface area contributed by atoms with E-state index in [4.69, 9.17) is 18.0 Å². The quantitative estimate of drug-likeness (QED) is 0.784. The van der Waals surface area contributed by atoms with Crippen molar-refractivity contribution >= 4 is 23.1 Å². The lowest BCUT2D eigenvalue weighted by atomic mass is 10.1. The SMILES string of the molecule is CC(C)CN(CCC(N)=S)C(=O)c1cccc(O)c1. The van der Waals surface area contributed by atoms with Crippen LogP contribution in [-0.2, 0) is 0 Å². The Morgan fingerprint density at radius 1 is 1.47 bits per heavy atom. The smallest absolute Gasteiger partial charge is 0.254 e. The molecule has 0 bridgehead atoms. The molecule has 0 unspecified atom stereocenters. The maximum Gasteiger partial charge on any atom is 0.254 e. The molecule has 1 amide bonds. The fraction of sp³-hybridized carbons (Fsp3) is 0.429. The van der Waals surface area contributed by atoms with Gasteiger partial charge in [-0.25, -0.2) is 0 Å². The highest BCUT2D eigenvalue weighted by atomic mass is 32.1. The average molecular weight is 280 g/mol. The van der Waals surface area contributed by atoms with E-state index in [0.29, 0.717) is 36.0 Å². The minimum absolute atomic E-state index is 0.0877. The Labute approximate surface area is 119 Å². The van der Waals surface area contributed by atoms with Crippen LogP contribution in [0.3, 0.4) is 0 Å². The zero-order valence-corrected chi connectivity index (χ0v) is 12.1. The molecule has 0 radical (unpaired) electrons. The van der Waals surface area contributed by atoms with E-state index >= 15 is 0 Å².